The molecule has 0 bridgehead atoms. The number of hydrogen-bond donors (Lipinski definition) is 0. The first-order valence-corrected chi connectivity index (χ1v) is 10.8. The molecule has 146 valence electrons. The van der Waals surface area contributed by atoms with E-state index in [1.807, 2.05) is 0 Å². The maximum atomic E-state index is 2.81. The standard InChI is InChI=1S/C22H43N3/c1-21(2,3)17-23-15-20(16-23)24-11-7-18(8-12-24)19-9-13-25(14-10-19)22(4,5)6/h18-20H,7-17H2,1-6H3. The van der Waals surface area contributed by atoms with Crippen LogP contribution in [0.25, 0.3) is 0 Å². The summed E-state index contributed by atoms with van der Waals surface area (Å²) in [6, 6.07) is 0.853. The summed E-state index contributed by atoms with van der Waals surface area (Å²) in [5, 5.41) is 0. The SMILES string of the molecule is CC(C)(C)CN1CC(N2CCC(C3CCN(C(C)(C)C)CC3)CC2)C1. The fourth-order valence-corrected chi connectivity index (χ4v) is 5.37. The minimum absolute atomic E-state index is 0.359. The van der Waals surface area contributed by atoms with E-state index in [4.69, 9.17) is 0 Å². The van der Waals surface area contributed by atoms with Gasteiger partial charge in [-0.25, -0.2) is 0 Å². The molecule has 0 aliphatic carbocycles. The van der Waals surface area contributed by atoms with E-state index < -0.39 is 0 Å². The molecule has 0 aromatic rings. The lowest BCUT2D eigenvalue weighted by Gasteiger charge is -2.50. The van der Waals surface area contributed by atoms with E-state index in [1.165, 1.54) is 71.5 Å². The molecule has 25 heavy (non-hydrogen) atoms. The first-order valence-electron chi connectivity index (χ1n) is 10.8. The number of hydrogen-bond acceptors (Lipinski definition) is 3. The Morgan fingerprint density at radius 1 is 0.720 bits per heavy atom. The summed E-state index contributed by atoms with van der Waals surface area (Å²) in [6.45, 7) is 23.4. The lowest BCUT2D eigenvalue weighted by molar-refractivity contribution is -0.0123. The molecule has 3 aliphatic rings. The van der Waals surface area contributed by atoms with Crippen LogP contribution in [0, 0.1) is 17.3 Å². The number of piperidine rings is 2. The Morgan fingerprint density at radius 2 is 1.20 bits per heavy atom. The second kappa shape index (κ2) is 7.48. The molecule has 0 amide bonds. The molecule has 3 aliphatic heterocycles. The maximum absolute atomic E-state index is 2.81. The first-order chi connectivity index (χ1) is 11.6. The van der Waals surface area contributed by atoms with E-state index in [9.17, 15) is 0 Å². The molecule has 0 atom stereocenters. The lowest BCUT2D eigenvalue weighted by Crippen LogP contribution is -2.62. The van der Waals surface area contributed by atoms with Gasteiger partial charge >= 0.3 is 0 Å². The second-order valence-corrected chi connectivity index (χ2v) is 11.3. The first kappa shape index (κ1) is 19.6. The highest BCUT2D eigenvalue weighted by Gasteiger charge is 2.37. The van der Waals surface area contributed by atoms with Crippen LogP contribution < -0.4 is 0 Å². The summed E-state index contributed by atoms with van der Waals surface area (Å²) in [5.74, 6) is 2.00. The van der Waals surface area contributed by atoms with E-state index >= 15 is 0 Å². The van der Waals surface area contributed by atoms with Crippen LogP contribution >= 0.6 is 0 Å². The van der Waals surface area contributed by atoms with Crippen LogP contribution in [0.15, 0.2) is 0 Å². The average Bonchev–Trinajstić information content (AvgIpc) is 2.49. The van der Waals surface area contributed by atoms with Gasteiger partial charge in [-0.3, -0.25) is 14.7 Å². The van der Waals surface area contributed by atoms with Crippen molar-refractivity contribution in [3.05, 3.63) is 0 Å². The van der Waals surface area contributed by atoms with Crippen molar-refractivity contribution in [3.8, 4) is 0 Å². The summed E-state index contributed by atoms with van der Waals surface area (Å²) < 4.78 is 0. The molecule has 0 aromatic heterocycles. The van der Waals surface area contributed by atoms with Crippen LogP contribution in [-0.4, -0.2) is 72.1 Å². The minimum atomic E-state index is 0.359. The summed E-state index contributed by atoms with van der Waals surface area (Å²) >= 11 is 0. The summed E-state index contributed by atoms with van der Waals surface area (Å²) in [7, 11) is 0. The smallest absolute Gasteiger partial charge is 0.0350 e. The van der Waals surface area contributed by atoms with Crippen LogP contribution in [-0.2, 0) is 0 Å². The maximum Gasteiger partial charge on any atom is 0.0350 e. The molecule has 3 heteroatoms. The van der Waals surface area contributed by atoms with E-state index in [0.717, 1.165) is 17.9 Å². The van der Waals surface area contributed by atoms with Crippen LogP contribution in [0.2, 0.25) is 0 Å². The van der Waals surface area contributed by atoms with Gasteiger partial charge in [0.2, 0.25) is 0 Å². The minimum Gasteiger partial charge on any atom is -0.300 e. The predicted octanol–water partition coefficient (Wildman–Crippen LogP) is 3.94. The fourth-order valence-electron chi connectivity index (χ4n) is 5.37. The van der Waals surface area contributed by atoms with Gasteiger partial charge < -0.3 is 0 Å². The van der Waals surface area contributed by atoms with Gasteiger partial charge in [0.25, 0.3) is 0 Å². The van der Waals surface area contributed by atoms with E-state index in [0.29, 0.717) is 11.0 Å². The van der Waals surface area contributed by atoms with E-state index in [1.54, 1.807) is 0 Å². The highest BCUT2D eigenvalue weighted by molar-refractivity contribution is 4.93. The molecule has 3 fully saturated rings. The Bertz CT molecular complexity index is 412. The summed E-state index contributed by atoms with van der Waals surface area (Å²) in [5.41, 5.74) is 0.803. The van der Waals surface area contributed by atoms with Crippen molar-refractivity contribution in [1.82, 2.24) is 14.7 Å². The van der Waals surface area contributed by atoms with Crippen LogP contribution in [0.3, 0.4) is 0 Å². The van der Waals surface area contributed by atoms with Gasteiger partial charge in [-0.05, 0) is 89.9 Å². The zero-order chi connectivity index (χ0) is 18.2. The van der Waals surface area contributed by atoms with E-state index in [-0.39, 0.29) is 0 Å². The Labute approximate surface area is 157 Å². The monoisotopic (exact) mass is 349 g/mol. The third-order valence-electron chi connectivity index (χ3n) is 6.88. The molecule has 3 rings (SSSR count). The van der Waals surface area contributed by atoms with Gasteiger partial charge in [0.1, 0.15) is 0 Å². The normalized spacial score (nSPS) is 27.6. The van der Waals surface area contributed by atoms with Gasteiger partial charge in [0.15, 0.2) is 0 Å². The van der Waals surface area contributed by atoms with Crippen LogP contribution in [0.4, 0.5) is 0 Å². The Kier molecular flexibility index (Phi) is 5.88. The topological polar surface area (TPSA) is 9.72 Å². The number of nitrogens with zero attached hydrogens (tertiary/aromatic N) is 3. The number of rotatable bonds is 3. The van der Waals surface area contributed by atoms with Crippen molar-refractivity contribution in [3.63, 3.8) is 0 Å². The number of likely N-dealkylation sites (tertiary alicyclic amines) is 3. The van der Waals surface area contributed by atoms with Crippen molar-refractivity contribution >= 4 is 0 Å². The van der Waals surface area contributed by atoms with Gasteiger partial charge in [0, 0.05) is 31.2 Å². The molecule has 0 aromatic carbocycles. The Hall–Kier alpha value is -0.120. The summed E-state index contributed by atoms with van der Waals surface area (Å²) in [4.78, 5) is 8.15. The molecule has 3 saturated heterocycles. The van der Waals surface area contributed by atoms with Crippen molar-refractivity contribution in [2.45, 2.75) is 78.8 Å². The third kappa shape index (κ3) is 5.20. The molecule has 3 heterocycles. The van der Waals surface area contributed by atoms with Crippen molar-refractivity contribution in [2.24, 2.45) is 17.3 Å². The molecule has 0 saturated carbocycles. The third-order valence-corrected chi connectivity index (χ3v) is 6.88. The second-order valence-electron chi connectivity index (χ2n) is 11.3. The van der Waals surface area contributed by atoms with E-state index in [2.05, 4.69) is 56.2 Å². The van der Waals surface area contributed by atoms with Gasteiger partial charge in [-0.1, -0.05) is 20.8 Å². The van der Waals surface area contributed by atoms with Crippen molar-refractivity contribution in [2.75, 3.05) is 45.8 Å². The average molecular weight is 350 g/mol. The molecule has 0 N–H and O–H groups in total. The predicted molar refractivity (Wildman–Crippen MR) is 108 cm³/mol. The van der Waals surface area contributed by atoms with Gasteiger partial charge in [-0.2, -0.15) is 0 Å². The molecule has 0 unspecified atom stereocenters. The highest BCUT2D eigenvalue weighted by Crippen LogP contribution is 2.35. The van der Waals surface area contributed by atoms with Crippen molar-refractivity contribution in [1.29, 1.82) is 0 Å². The van der Waals surface area contributed by atoms with Crippen LogP contribution in [0.5, 0.6) is 0 Å². The quantitative estimate of drug-likeness (QED) is 0.764. The van der Waals surface area contributed by atoms with Gasteiger partial charge in [0.05, 0.1) is 0 Å². The van der Waals surface area contributed by atoms with Crippen molar-refractivity contribution < 1.29 is 0 Å². The molecular weight excluding hydrogens is 306 g/mol. The van der Waals surface area contributed by atoms with Gasteiger partial charge in [-0.15, -0.1) is 0 Å². The largest absolute Gasteiger partial charge is 0.300 e. The zero-order valence-corrected chi connectivity index (χ0v) is 17.9. The molecule has 3 nitrogen and oxygen atoms in total. The highest BCUT2D eigenvalue weighted by atomic mass is 15.3. The lowest BCUT2D eigenvalue weighted by atomic mass is 9.77. The fraction of sp³-hybridized carbons (Fsp3) is 1.00. The Balaban J connectivity index is 1.36. The Morgan fingerprint density at radius 3 is 1.64 bits per heavy atom. The zero-order valence-electron chi connectivity index (χ0n) is 17.9. The summed E-state index contributed by atoms with van der Waals surface area (Å²) in [6.07, 6.45) is 5.78. The van der Waals surface area contributed by atoms with Crippen LogP contribution in [0.1, 0.15) is 67.2 Å². The molecule has 0 spiro atoms. The molecule has 0 radical (unpaired) electrons. The molecular formula is C22H43N3.